The number of carbonyl (C=O) groups is 1. The molecule has 0 aliphatic rings. The standard InChI is InChI=1S/C45H77N6O10P/c1-4-6-8-10-12-14-16-18-20-22-29-57-35-39(58-30-23-21-19-17-15-13-11-9-7-5-2)36-61-62(54,55)60-31-28-47-43(52)38-26-24-37(25-27-38)34-51-42-40(48-45(51)53)41(46)49-44(50-42)59-33-32-56-3/h24-27,39H,4-23,28-36H2,1-3H3,(H,47,52)(H,48,53)(H,54,55)(H2,46,49,50). The molecule has 16 nitrogen and oxygen atoms in total. The van der Waals surface area contributed by atoms with E-state index in [1.807, 2.05) is 0 Å². The third-order valence-electron chi connectivity index (χ3n) is 10.6. The number of nitrogens with zero attached hydrogens (tertiary/aromatic N) is 3. The molecule has 1 amide bonds. The minimum absolute atomic E-state index is 0.0209. The van der Waals surface area contributed by atoms with Gasteiger partial charge in [0.05, 0.1) is 33.0 Å². The smallest absolute Gasteiger partial charge is 0.461 e. The van der Waals surface area contributed by atoms with Gasteiger partial charge in [-0.05, 0) is 30.5 Å². The maximum atomic E-state index is 12.9. The van der Waals surface area contributed by atoms with Gasteiger partial charge in [-0.15, -0.1) is 0 Å². The van der Waals surface area contributed by atoms with Crippen LogP contribution in [0.4, 0.5) is 5.82 Å². The Morgan fingerprint density at radius 2 is 1.35 bits per heavy atom. The van der Waals surface area contributed by atoms with E-state index in [0.29, 0.717) is 30.9 Å². The van der Waals surface area contributed by atoms with Gasteiger partial charge >= 0.3 is 19.5 Å². The number of imidazole rings is 1. The Kier molecular flexibility index (Phi) is 27.6. The minimum Gasteiger partial charge on any atom is -0.461 e. The first-order chi connectivity index (χ1) is 30.2. The van der Waals surface area contributed by atoms with Gasteiger partial charge in [0.2, 0.25) is 0 Å². The van der Waals surface area contributed by atoms with Gasteiger partial charge in [0, 0.05) is 32.4 Å². The van der Waals surface area contributed by atoms with Gasteiger partial charge in [-0.1, -0.05) is 142 Å². The number of benzene rings is 1. The number of ether oxygens (including phenoxy) is 4. The molecular weight excluding hydrogens is 816 g/mol. The maximum absolute atomic E-state index is 12.9. The highest BCUT2D eigenvalue weighted by Gasteiger charge is 2.24. The Bertz CT molecular complexity index is 1740. The molecule has 2 heterocycles. The number of anilines is 1. The molecule has 0 saturated carbocycles. The first-order valence-corrected chi connectivity index (χ1v) is 24.7. The summed E-state index contributed by atoms with van der Waals surface area (Å²) in [5.41, 5.74) is 7.26. The number of amides is 1. The second kappa shape index (κ2) is 32.3. The third kappa shape index (κ3) is 22.3. The molecule has 0 spiro atoms. The largest absolute Gasteiger partial charge is 0.472 e. The quantitative estimate of drug-likeness (QED) is 0.0312. The number of nitrogen functional groups attached to an aromatic ring is 1. The van der Waals surface area contributed by atoms with Crippen LogP contribution in [0.1, 0.15) is 158 Å². The molecule has 3 rings (SSSR count). The summed E-state index contributed by atoms with van der Waals surface area (Å²) in [4.78, 5) is 47.2. The lowest BCUT2D eigenvalue weighted by Crippen LogP contribution is -2.28. The van der Waals surface area contributed by atoms with Crippen LogP contribution in [0, 0.1) is 0 Å². The number of phosphoric ester groups is 1. The van der Waals surface area contributed by atoms with Crippen molar-refractivity contribution in [2.75, 3.05) is 65.6 Å². The summed E-state index contributed by atoms with van der Waals surface area (Å²) in [5, 5.41) is 2.69. The number of H-pyrrole nitrogens is 1. The average molecular weight is 893 g/mol. The Hall–Kier alpha value is -3.37. The summed E-state index contributed by atoms with van der Waals surface area (Å²) < 4.78 is 47.2. The van der Waals surface area contributed by atoms with E-state index in [4.69, 9.17) is 33.7 Å². The van der Waals surface area contributed by atoms with Crippen LogP contribution >= 0.6 is 7.82 Å². The Balaban J connectivity index is 1.39. The zero-order valence-electron chi connectivity index (χ0n) is 37.9. The number of unbranched alkanes of at least 4 members (excludes halogenated alkanes) is 18. The Morgan fingerprint density at radius 1 is 0.774 bits per heavy atom. The first-order valence-electron chi connectivity index (χ1n) is 23.2. The SMILES string of the molecule is CCCCCCCCCCCCOCC(COP(=O)(O)OCCNC(=O)c1ccc(Cn2c(=O)[nH]c3c(N)nc(OCCOC)nc32)cc1)OCCCCCCCCCCCC. The highest BCUT2D eigenvalue weighted by Crippen LogP contribution is 2.43. The van der Waals surface area contributed by atoms with Gasteiger partial charge in [-0.2, -0.15) is 9.97 Å². The predicted molar refractivity (Wildman–Crippen MR) is 244 cm³/mol. The molecule has 2 atom stereocenters. The zero-order chi connectivity index (χ0) is 44.7. The van der Waals surface area contributed by atoms with Crippen molar-refractivity contribution in [1.29, 1.82) is 0 Å². The maximum Gasteiger partial charge on any atom is 0.472 e. The van der Waals surface area contributed by atoms with E-state index in [-0.39, 0.29) is 57.0 Å². The van der Waals surface area contributed by atoms with Crippen molar-refractivity contribution in [3.05, 3.63) is 45.9 Å². The molecule has 0 aliphatic carbocycles. The van der Waals surface area contributed by atoms with E-state index in [1.54, 1.807) is 31.4 Å². The van der Waals surface area contributed by atoms with Crippen LogP contribution in [0.2, 0.25) is 0 Å². The van der Waals surface area contributed by atoms with E-state index in [1.165, 1.54) is 107 Å². The number of fused-ring (bicyclic) bond motifs is 1. The number of hydrogen-bond donors (Lipinski definition) is 4. The van der Waals surface area contributed by atoms with Crippen molar-refractivity contribution < 1.29 is 42.2 Å². The van der Waals surface area contributed by atoms with Gasteiger partial charge in [-0.3, -0.25) is 18.4 Å². The van der Waals surface area contributed by atoms with Crippen molar-refractivity contribution in [1.82, 2.24) is 24.8 Å². The number of phosphoric acid groups is 1. The Morgan fingerprint density at radius 3 is 1.95 bits per heavy atom. The van der Waals surface area contributed by atoms with Crippen LogP contribution < -0.4 is 21.5 Å². The fourth-order valence-corrected chi connectivity index (χ4v) is 7.69. The number of nitrogens with two attached hydrogens (primary N) is 1. The molecular formula is C45H77N6O10P. The number of aromatic amines is 1. The average Bonchev–Trinajstić information content (AvgIpc) is 3.58. The van der Waals surface area contributed by atoms with Gasteiger partial charge in [0.1, 0.15) is 18.2 Å². The number of carbonyl (C=O) groups excluding carboxylic acids is 1. The van der Waals surface area contributed by atoms with E-state index < -0.39 is 25.5 Å². The molecule has 62 heavy (non-hydrogen) atoms. The summed E-state index contributed by atoms with van der Waals surface area (Å²) in [6.45, 7) is 6.12. The zero-order valence-corrected chi connectivity index (χ0v) is 38.8. The van der Waals surface area contributed by atoms with Crippen LogP contribution in [-0.4, -0.2) is 96.3 Å². The lowest BCUT2D eigenvalue weighted by molar-refractivity contribution is -0.0443. The summed E-state index contributed by atoms with van der Waals surface area (Å²) >= 11 is 0. The normalized spacial score (nSPS) is 13.1. The molecule has 0 bridgehead atoms. The van der Waals surface area contributed by atoms with Crippen molar-refractivity contribution in [2.24, 2.45) is 0 Å². The molecule has 1 aromatic carbocycles. The van der Waals surface area contributed by atoms with Crippen LogP contribution in [0.25, 0.3) is 11.2 Å². The highest BCUT2D eigenvalue weighted by atomic mass is 31.2. The molecule has 5 N–H and O–H groups in total. The summed E-state index contributed by atoms with van der Waals surface area (Å²) in [6, 6.07) is 6.67. The molecule has 0 fully saturated rings. The van der Waals surface area contributed by atoms with Gasteiger partial charge in [-0.25, -0.2) is 9.36 Å². The van der Waals surface area contributed by atoms with Gasteiger partial charge < -0.3 is 39.9 Å². The number of rotatable bonds is 39. The van der Waals surface area contributed by atoms with E-state index in [0.717, 1.165) is 31.2 Å². The molecule has 2 unspecified atom stereocenters. The minimum atomic E-state index is -4.43. The van der Waals surface area contributed by atoms with E-state index in [2.05, 4.69) is 34.1 Å². The fraction of sp³-hybridized carbons (Fsp3) is 0.733. The molecule has 0 saturated heterocycles. The topological polar surface area (TPSA) is 211 Å². The predicted octanol–water partition coefficient (Wildman–Crippen LogP) is 8.88. The summed E-state index contributed by atoms with van der Waals surface area (Å²) in [6.07, 6.45) is 24.1. The summed E-state index contributed by atoms with van der Waals surface area (Å²) in [7, 11) is -2.89. The monoisotopic (exact) mass is 893 g/mol. The first kappa shape index (κ1) is 53.0. The van der Waals surface area contributed by atoms with Crippen LogP contribution in [0.5, 0.6) is 6.01 Å². The molecule has 352 valence electrons. The highest BCUT2D eigenvalue weighted by molar-refractivity contribution is 7.47. The van der Waals surface area contributed by atoms with Crippen LogP contribution in [0.15, 0.2) is 29.1 Å². The number of aromatic nitrogens is 4. The third-order valence-corrected chi connectivity index (χ3v) is 11.6. The van der Waals surface area contributed by atoms with Crippen LogP contribution in [-0.2, 0) is 34.4 Å². The van der Waals surface area contributed by atoms with Crippen LogP contribution in [0.3, 0.4) is 0 Å². The van der Waals surface area contributed by atoms with Crippen molar-refractivity contribution in [3.8, 4) is 6.01 Å². The van der Waals surface area contributed by atoms with E-state index in [9.17, 15) is 19.0 Å². The molecule has 0 radical (unpaired) electrons. The lowest BCUT2D eigenvalue weighted by Gasteiger charge is -2.20. The molecule has 3 aromatic rings. The van der Waals surface area contributed by atoms with E-state index >= 15 is 0 Å². The van der Waals surface area contributed by atoms with Crippen molar-refractivity contribution in [3.63, 3.8) is 0 Å². The Labute approximate surface area is 369 Å². The fourth-order valence-electron chi connectivity index (χ4n) is 6.93. The molecule has 0 aliphatic heterocycles. The van der Waals surface area contributed by atoms with Crippen molar-refractivity contribution >= 4 is 30.7 Å². The number of methoxy groups -OCH3 is 1. The lowest BCUT2D eigenvalue weighted by atomic mass is 10.1. The molecule has 2 aromatic heterocycles. The van der Waals surface area contributed by atoms with Gasteiger partial charge in [0.15, 0.2) is 11.5 Å². The van der Waals surface area contributed by atoms with Gasteiger partial charge in [0.25, 0.3) is 5.91 Å². The summed E-state index contributed by atoms with van der Waals surface area (Å²) in [5.74, 6) is -0.331. The number of nitrogens with one attached hydrogen (secondary N) is 2. The second-order valence-electron chi connectivity index (χ2n) is 15.9. The van der Waals surface area contributed by atoms with Crippen molar-refractivity contribution in [2.45, 2.75) is 155 Å². The number of hydrogen-bond acceptors (Lipinski definition) is 12. The second-order valence-corrected chi connectivity index (χ2v) is 17.4. The molecule has 17 heteroatoms.